The van der Waals surface area contributed by atoms with E-state index in [9.17, 15) is 4.79 Å². The van der Waals surface area contributed by atoms with Crippen LogP contribution in [0.25, 0.3) is 0 Å². The molecule has 1 atom stereocenters. The molecule has 3 aliphatic rings. The van der Waals surface area contributed by atoms with Crippen LogP contribution in [0.1, 0.15) is 41.6 Å². The molecule has 4 rings (SSSR count). The zero-order valence-corrected chi connectivity index (χ0v) is 14.7. The number of fused-ring (bicyclic) bond motifs is 2. The van der Waals surface area contributed by atoms with Crippen molar-refractivity contribution < 1.29 is 4.79 Å². The van der Waals surface area contributed by atoms with Gasteiger partial charge in [0, 0.05) is 36.5 Å². The summed E-state index contributed by atoms with van der Waals surface area (Å²) in [6, 6.07) is 6.75. The second-order valence-electron chi connectivity index (χ2n) is 7.41. The van der Waals surface area contributed by atoms with Crippen LogP contribution in [0, 0.1) is 0 Å². The van der Waals surface area contributed by atoms with Crippen molar-refractivity contribution in [3.63, 3.8) is 0 Å². The molecule has 24 heavy (non-hydrogen) atoms. The van der Waals surface area contributed by atoms with E-state index in [1.807, 2.05) is 6.07 Å². The van der Waals surface area contributed by atoms with Crippen LogP contribution in [0.4, 0.5) is 5.69 Å². The van der Waals surface area contributed by atoms with Crippen LogP contribution in [-0.4, -0.2) is 43.9 Å². The average molecular weight is 322 g/mol. The number of hydrogen-bond donors (Lipinski definition) is 0. The Morgan fingerprint density at radius 2 is 1.96 bits per heavy atom. The fraction of sp³-hybridized carbons (Fsp3) is 0.476. The van der Waals surface area contributed by atoms with Crippen molar-refractivity contribution >= 4 is 11.5 Å². The van der Waals surface area contributed by atoms with Gasteiger partial charge in [0.05, 0.1) is 0 Å². The predicted octanol–water partition coefficient (Wildman–Crippen LogP) is 3.60. The topological polar surface area (TPSA) is 23.6 Å². The largest absolute Gasteiger partial charge is 0.374 e. The van der Waals surface area contributed by atoms with Gasteiger partial charge in [-0.25, -0.2) is 0 Å². The van der Waals surface area contributed by atoms with Gasteiger partial charge in [-0.3, -0.25) is 9.69 Å². The summed E-state index contributed by atoms with van der Waals surface area (Å²) in [7, 11) is 4.32. The van der Waals surface area contributed by atoms with E-state index < -0.39 is 0 Å². The lowest BCUT2D eigenvalue weighted by Gasteiger charge is -2.36. The molecule has 3 heteroatoms. The molecule has 3 nitrogen and oxygen atoms in total. The number of likely N-dealkylation sites (N-methyl/N-ethyl adjacent to an activating group) is 1. The number of allylic oxidation sites excluding steroid dienone is 2. The van der Waals surface area contributed by atoms with Crippen molar-refractivity contribution in [2.24, 2.45) is 0 Å². The molecule has 0 amide bonds. The number of hydrogen-bond acceptors (Lipinski definition) is 3. The third-order valence-corrected chi connectivity index (χ3v) is 5.79. The summed E-state index contributed by atoms with van der Waals surface area (Å²) >= 11 is 0. The summed E-state index contributed by atoms with van der Waals surface area (Å²) in [5.41, 5.74) is 5.76. The monoisotopic (exact) mass is 322 g/mol. The summed E-state index contributed by atoms with van der Waals surface area (Å²) in [5.74, 6) is 0.185. The SMILES string of the molecule is CN1CCCc2cc(C(=O)C3=CCC4C(=C3)CCCN4C)ccc21. The Balaban J connectivity index is 1.59. The summed E-state index contributed by atoms with van der Waals surface area (Å²) in [5, 5.41) is 0. The Morgan fingerprint density at radius 3 is 2.83 bits per heavy atom. The first kappa shape index (κ1) is 15.6. The Kier molecular flexibility index (Phi) is 4.05. The van der Waals surface area contributed by atoms with Crippen LogP contribution < -0.4 is 4.90 Å². The summed E-state index contributed by atoms with van der Waals surface area (Å²) in [4.78, 5) is 17.7. The molecule has 0 saturated carbocycles. The smallest absolute Gasteiger partial charge is 0.192 e. The molecule has 2 heterocycles. The summed E-state index contributed by atoms with van der Waals surface area (Å²) in [6.07, 6.45) is 9.86. The molecule has 1 unspecified atom stereocenters. The van der Waals surface area contributed by atoms with Crippen LogP contribution in [0.15, 0.2) is 41.5 Å². The van der Waals surface area contributed by atoms with Crippen molar-refractivity contribution in [2.75, 3.05) is 32.1 Å². The van der Waals surface area contributed by atoms with E-state index in [-0.39, 0.29) is 5.78 Å². The minimum absolute atomic E-state index is 0.185. The Morgan fingerprint density at radius 1 is 1.12 bits per heavy atom. The van der Waals surface area contributed by atoms with Crippen LogP contribution in [0.5, 0.6) is 0 Å². The molecule has 0 N–H and O–H groups in total. The number of carbonyl (C=O) groups excluding carboxylic acids is 1. The normalized spacial score (nSPS) is 23.9. The number of Topliss-reactive ketones (excluding diaryl/α,β-unsaturated/α-hetero) is 1. The predicted molar refractivity (Wildman–Crippen MR) is 98.8 cm³/mol. The van der Waals surface area contributed by atoms with Gasteiger partial charge in [-0.15, -0.1) is 0 Å². The lowest BCUT2D eigenvalue weighted by atomic mass is 9.85. The maximum atomic E-state index is 13.0. The van der Waals surface area contributed by atoms with Crippen LogP contribution in [0.2, 0.25) is 0 Å². The molecular weight excluding hydrogens is 296 g/mol. The molecule has 1 aromatic rings. The molecule has 1 aliphatic carbocycles. The van der Waals surface area contributed by atoms with E-state index in [1.54, 1.807) is 0 Å². The number of carbonyl (C=O) groups is 1. The zero-order chi connectivity index (χ0) is 16.7. The van der Waals surface area contributed by atoms with Gasteiger partial charge < -0.3 is 4.90 Å². The molecule has 0 aromatic heterocycles. The minimum Gasteiger partial charge on any atom is -0.374 e. The van der Waals surface area contributed by atoms with Gasteiger partial charge in [0.2, 0.25) is 0 Å². The number of anilines is 1. The van der Waals surface area contributed by atoms with Gasteiger partial charge in [-0.05, 0) is 69.5 Å². The lowest BCUT2D eigenvalue weighted by molar-refractivity contribution is 0.103. The lowest BCUT2D eigenvalue weighted by Crippen LogP contribution is -2.39. The molecule has 0 radical (unpaired) electrons. The Bertz CT molecular complexity index is 731. The van der Waals surface area contributed by atoms with E-state index >= 15 is 0 Å². The van der Waals surface area contributed by atoms with Crippen LogP contribution >= 0.6 is 0 Å². The highest BCUT2D eigenvalue weighted by molar-refractivity contribution is 6.11. The average Bonchev–Trinajstić information content (AvgIpc) is 2.61. The van der Waals surface area contributed by atoms with E-state index in [4.69, 9.17) is 0 Å². The van der Waals surface area contributed by atoms with E-state index in [1.165, 1.54) is 29.7 Å². The van der Waals surface area contributed by atoms with Gasteiger partial charge in [0.25, 0.3) is 0 Å². The second kappa shape index (κ2) is 6.21. The number of piperidine rings is 1. The Labute approximate surface area is 144 Å². The standard InChI is InChI=1S/C21H26N2O/c1-22-11-3-5-15-13-17(7-9-19(15)22)21(24)18-8-10-20-16(14-18)6-4-12-23(20)2/h7-9,13-14,20H,3-6,10-12H2,1-2H3. The van der Waals surface area contributed by atoms with Crippen LogP contribution in [-0.2, 0) is 6.42 Å². The highest BCUT2D eigenvalue weighted by Crippen LogP contribution is 2.32. The highest BCUT2D eigenvalue weighted by Gasteiger charge is 2.27. The van der Waals surface area contributed by atoms with E-state index in [0.717, 1.165) is 43.5 Å². The highest BCUT2D eigenvalue weighted by atomic mass is 16.1. The third kappa shape index (κ3) is 2.71. The number of benzene rings is 1. The fourth-order valence-corrected chi connectivity index (χ4v) is 4.39. The first-order valence-corrected chi connectivity index (χ1v) is 9.13. The summed E-state index contributed by atoms with van der Waals surface area (Å²) < 4.78 is 0. The fourth-order valence-electron chi connectivity index (χ4n) is 4.39. The number of rotatable bonds is 2. The van der Waals surface area contributed by atoms with Gasteiger partial charge >= 0.3 is 0 Å². The molecular formula is C21H26N2O. The van der Waals surface area contributed by atoms with Crippen molar-refractivity contribution in [2.45, 2.75) is 38.1 Å². The van der Waals surface area contributed by atoms with E-state index in [2.05, 4.69) is 48.2 Å². The second-order valence-corrected chi connectivity index (χ2v) is 7.41. The number of aryl methyl sites for hydroxylation is 1. The maximum absolute atomic E-state index is 13.0. The van der Waals surface area contributed by atoms with Gasteiger partial charge in [-0.2, -0.15) is 0 Å². The minimum atomic E-state index is 0.185. The molecule has 126 valence electrons. The summed E-state index contributed by atoms with van der Waals surface area (Å²) in [6.45, 7) is 2.27. The quantitative estimate of drug-likeness (QED) is 0.777. The first-order valence-electron chi connectivity index (χ1n) is 9.13. The van der Waals surface area contributed by atoms with Crippen molar-refractivity contribution in [1.82, 2.24) is 4.90 Å². The van der Waals surface area contributed by atoms with Crippen molar-refractivity contribution in [1.29, 1.82) is 0 Å². The maximum Gasteiger partial charge on any atom is 0.192 e. The van der Waals surface area contributed by atoms with E-state index in [0.29, 0.717) is 6.04 Å². The number of likely N-dealkylation sites (tertiary alicyclic amines) is 1. The van der Waals surface area contributed by atoms with Crippen LogP contribution in [0.3, 0.4) is 0 Å². The molecule has 1 saturated heterocycles. The van der Waals surface area contributed by atoms with Gasteiger partial charge in [0.1, 0.15) is 0 Å². The molecule has 1 fully saturated rings. The zero-order valence-electron chi connectivity index (χ0n) is 14.7. The number of ketones is 1. The van der Waals surface area contributed by atoms with Gasteiger partial charge in [-0.1, -0.05) is 17.7 Å². The van der Waals surface area contributed by atoms with Crippen molar-refractivity contribution in [3.05, 3.63) is 52.6 Å². The molecule has 0 bridgehead atoms. The first-order chi connectivity index (χ1) is 11.6. The Hall–Kier alpha value is -1.87. The molecule has 2 aliphatic heterocycles. The molecule has 1 aromatic carbocycles. The van der Waals surface area contributed by atoms with Crippen molar-refractivity contribution in [3.8, 4) is 0 Å². The molecule has 0 spiro atoms. The van der Waals surface area contributed by atoms with Gasteiger partial charge in [0.15, 0.2) is 5.78 Å². The third-order valence-electron chi connectivity index (χ3n) is 5.79. The number of nitrogens with zero attached hydrogens (tertiary/aromatic N) is 2.